The summed E-state index contributed by atoms with van der Waals surface area (Å²) in [5, 5.41) is 9.09. The van der Waals surface area contributed by atoms with E-state index in [4.69, 9.17) is 11.5 Å². The average molecular weight is 372 g/mol. The summed E-state index contributed by atoms with van der Waals surface area (Å²) < 4.78 is 0. The van der Waals surface area contributed by atoms with Crippen LogP contribution in [-0.4, -0.2) is 33.9 Å². The molecule has 0 bridgehead atoms. The van der Waals surface area contributed by atoms with Crippen molar-refractivity contribution in [2.24, 2.45) is 5.41 Å². The molecule has 0 unspecified atom stereocenters. The van der Waals surface area contributed by atoms with Crippen molar-refractivity contribution in [1.29, 1.82) is 0 Å². The van der Waals surface area contributed by atoms with Gasteiger partial charge in [0.1, 0.15) is 0 Å². The van der Waals surface area contributed by atoms with Crippen LogP contribution in [0.1, 0.15) is 33.6 Å². The van der Waals surface area contributed by atoms with Crippen LogP contribution in [0.25, 0.3) is 0 Å². The molecular formula is C18H28N8O. The molecule has 2 aromatic rings. The Kier molecular flexibility index (Phi) is 6.75. The van der Waals surface area contributed by atoms with Gasteiger partial charge >= 0.3 is 0 Å². The second-order valence-corrected chi connectivity index (χ2v) is 6.73. The standard InChI is InChI=1S/C18H28N8O/c1-4-18(3,5-2)11-22-14(27)10-21-12-6-8-13(9-7-12)23-17-25-15(19)24-16(20)26-17/h6-9,21H,4-5,10-11H2,1-3H3,(H,22,27)(H5,19,20,23,24,25,26). The molecule has 27 heavy (non-hydrogen) atoms. The van der Waals surface area contributed by atoms with Crippen molar-refractivity contribution in [2.45, 2.75) is 33.6 Å². The zero-order valence-corrected chi connectivity index (χ0v) is 16.0. The van der Waals surface area contributed by atoms with Gasteiger partial charge in [-0.25, -0.2) is 0 Å². The highest BCUT2D eigenvalue weighted by Crippen LogP contribution is 2.23. The molecule has 1 aromatic heterocycles. The third-order valence-electron chi connectivity index (χ3n) is 4.68. The first kappa shape index (κ1) is 20.2. The van der Waals surface area contributed by atoms with Crippen LogP contribution in [0.2, 0.25) is 0 Å². The molecule has 9 nitrogen and oxygen atoms in total. The maximum absolute atomic E-state index is 12.0. The highest BCUT2D eigenvalue weighted by atomic mass is 16.1. The molecular weight excluding hydrogens is 344 g/mol. The Labute approximate surface area is 159 Å². The number of nitrogen functional groups attached to an aromatic ring is 2. The summed E-state index contributed by atoms with van der Waals surface area (Å²) in [5.74, 6) is 0.351. The molecule has 0 aliphatic carbocycles. The van der Waals surface area contributed by atoms with Gasteiger partial charge in [0.15, 0.2) is 0 Å². The molecule has 0 spiro atoms. The molecule has 0 aliphatic heterocycles. The summed E-state index contributed by atoms with van der Waals surface area (Å²) in [6.45, 7) is 7.37. The average Bonchev–Trinajstić information content (AvgIpc) is 2.64. The van der Waals surface area contributed by atoms with Crippen molar-refractivity contribution in [2.75, 3.05) is 35.2 Å². The number of amides is 1. The van der Waals surface area contributed by atoms with Crippen LogP contribution < -0.4 is 27.4 Å². The summed E-state index contributed by atoms with van der Waals surface area (Å²) in [6, 6.07) is 7.38. The molecule has 1 amide bonds. The summed E-state index contributed by atoms with van der Waals surface area (Å²) in [5.41, 5.74) is 12.8. The molecule has 0 saturated heterocycles. The topological polar surface area (TPSA) is 144 Å². The monoisotopic (exact) mass is 372 g/mol. The van der Waals surface area contributed by atoms with E-state index in [1.54, 1.807) is 0 Å². The number of nitrogens with zero attached hydrogens (tertiary/aromatic N) is 3. The lowest BCUT2D eigenvalue weighted by Gasteiger charge is -2.26. The number of nitrogens with two attached hydrogens (primary N) is 2. The highest BCUT2D eigenvalue weighted by Gasteiger charge is 2.20. The maximum Gasteiger partial charge on any atom is 0.239 e. The van der Waals surface area contributed by atoms with Gasteiger partial charge in [-0.2, -0.15) is 15.0 Å². The van der Waals surface area contributed by atoms with Gasteiger partial charge in [0.25, 0.3) is 0 Å². The minimum atomic E-state index is -0.0264. The lowest BCUT2D eigenvalue weighted by molar-refractivity contribution is -0.119. The van der Waals surface area contributed by atoms with Crippen molar-refractivity contribution in [1.82, 2.24) is 20.3 Å². The van der Waals surface area contributed by atoms with Gasteiger partial charge < -0.3 is 27.4 Å². The maximum atomic E-state index is 12.0. The van der Waals surface area contributed by atoms with E-state index < -0.39 is 0 Å². The number of hydrogen-bond acceptors (Lipinski definition) is 8. The molecule has 0 saturated carbocycles. The SMILES string of the molecule is CCC(C)(CC)CNC(=O)CNc1ccc(Nc2nc(N)nc(N)n2)cc1. The Morgan fingerprint density at radius 3 is 2.11 bits per heavy atom. The van der Waals surface area contributed by atoms with E-state index in [2.05, 4.69) is 51.7 Å². The predicted octanol–water partition coefficient (Wildman–Crippen LogP) is 2.13. The third-order valence-corrected chi connectivity index (χ3v) is 4.68. The quantitative estimate of drug-likeness (QED) is 0.450. The van der Waals surface area contributed by atoms with Crippen LogP contribution in [-0.2, 0) is 4.79 Å². The summed E-state index contributed by atoms with van der Waals surface area (Å²) in [7, 11) is 0. The lowest BCUT2D eigenvalue weighted by Crippen LogP contribution is -2.38. The van der Waals surface area contributed by atoms with Crippen molar-refractivity contribution in [3.05, 3.63) is 24.3 Å². The predicted molar refractivity (Wildman–Crippen MR) is 109 cm³/mol. The van der Waals surface area contributed by atoms with Gasteiger partial charge in [0.2, 0.25) is 23.8 Å². The minimum Gasteiger partial charge on any atom is -0.376 e. The smallest absolute Gasteiger partial charge is 0.239 e. The summed E-state index contributed by atoms with van der Waals surface area (Å²) >= 11 is 0. The number of nitrogens with one attached hydrogen (secondary N) is 3. The zero-order chi connectivity index (χ0) is 19.9. The van der Waals surface area contributed by atoms with Gasteiger partial charge in [0, 0.05) is 17.9 Å². The van der Waals surface area contributed by atoms with E-state index in [1.165, 1.54) is 0 Å². The van der Waals surface area contributed by atoms with Crippen molar-refractivity contribution in [3.8, 4) is 0 Å². The Hall–Kier alpha value is -3.10. The Balaban J connectivity index is 1.84. The van der Waals surface area contributed by atoms with Crippen LogP contribution in [0.3, 0.4) is 0 Å². The number of carbonyl (C=O) groups excluding carboxylic acids is 1. The first-order chi connectivity index (χ1) is 12.8. The van der Waals surface area contributed by atoms with Crippen molar-refractivity contribution in [3.63, 3.8) is 0 Å². The number of benzene rings is 1. The van der Waals surface area contributed by atoms with E-state index in [0.29, 0.717) is 6.54 Å². The van der Waals surface area contributed by atoms with Gasteiger partial charge in [-0.3, -0.25) is 4.79 Å². The summed E-state index contributed by atoms with van der Waals surface area (Å²) in [4.78, 5) is 23.7. The lowest BCUT2D eigenvalue weighted by atomic mass is 9.85. The Bertz CT molecular complexity index is 738. The van der Waals surface area contributed by atoms with Gasteiger partial charge in [-0.1, -0.05) is 20.8 Å². The molecule has 146 valence electrons. The van der Waals surface area contributed by atoms with Crippen molar-refractivity contribution >= 4 is 35.1 Å². The number of carbonyl (C=O) groups is 1. The second kappa shape index (κ2) is 9.02. The molecule has 0 atom stereocenters. The van der Waals surface area contributed by atoms with Crippen LogP contribution in [0, 0.1) is 5.41 Å². The number of hydrogen-bond donors (Lipinski definition) is 5. The van der Waals surface area contributed by atoms with Crippen LogP contribution >= 0.6 is 0 Å². The zero-order valence-electron chi connectivity index (χ0n) is 16.0. The third kappa shape index (κ3) is 6.28. The number of aromatic nitrogens is 3. The van der Waals surface area contributed by atoms with E-state index in [0.717, 1.165) is 24.2 Å². The molecule has 1 heterocycles. The highest BCUT2D eigenvalue weighted by molar-refractivity contribution is 5.80. The fraction of sp³-hybridized carbons (Fsp3) is 0.444. The van der Waals surface area contributed by atoms with E-state index in [9.17, 15) is 4.79 Å². The molecule has 9 heteroatoms. The largest absolute Gasteiger partial charge is 0.376 e. The van der Waals surface area contributed by atoms with Gasteiger partial charge in [-0.05, 0) is 42.5 Å². The molecule has 2 rings (SSSR count). The molecule has 0 aliphatic rings. The minimum absolute atomic E-state index is 0.0264. The molecule has 1 aromatic carbocycles. The number of anilines is 5. The summed E-state index contributed by atoms with van der Waals surface area (Å²) in [6.07, 6.45) is 2.06. The molecule has 0 fully saturated rings. The molecule has 7 N–H and O–H groups in total. The normalized spacial score (nSPS) is 11.1. The fourth-order valence-corrected chi connectivity index (χ4v) is 2.32. The first-order valence-electron chi connectivity index (χ1n) is 8.98. The molecule has 0 radical (unpaired) electrons. The Morgan fingerprint density at radius 2 is 1.56 bits per heavy atom. The van der Waals surface area contributed by atoms with E-state index in [1.807, 2.05) is 24.3 Å². The van der Waals surface area contributed by atoms with Crippen molar-refractivity contribution < 1.29 is 4.79 Å². The van der Waals surface area contributed by atoms with E-state index >= 15 is 0 Å². The van der Waals surface area contributed by atoms with Crippen LogP contribution in [0.5, 0.6) is 0 Å². The first-order valence-corrected chi connectivity index (χ1v) is 8.98. The van der Waals surface area contributed by atoms with Crippen LogP contribution in [0.15, 0.2) is 24.3 Å². The Morgan fingerprint density at radius 1 is 1.00 bits per heavy atom. The second-order valence-electron chi connectivity index (χ2n) is 6.73. The fourth-order valence-electron chi connectivity index (χ4n) is 2.32. The number of rotatable bonds is 9. The van der Waals surface area contributed by atoms with Gasteiger partial charge in [0.05, 0.1) is 6.54 Å². The van der Waals surface area contributed by atoms with Crippen LogP contribution in [0.4, 0.5) is 29.2 Å². The van der Waals surface area contributed by atoms with Gasteiger partial charge in [-0.15, -0.1) is 0 Å². The van der Waals surface area contributed by atoms with E-state index in [-0.39, 0.29) is 35.7 Å².